The molecule has 0 radical (unpaired) electrons. The van der Waals surface area contributed by atoms with Gasteiger partial charge in [0.15, 0.2) is 0 Å². The third-order valence-electron chi connectivity index (χ3n) is 3.52. The van der Waals surface area contributed by atoms with Gasteiger partial charge < -0.3 is 4.52 Å². The molecule has 0 bridgehead atoms. The summed E-state index contributed by atoms with van der Waals surface area (Å²) in [5, 5.41) is 0. The third-order valence-corrected chi connectivity index (χ3v) is 4.67. The van der Waals surface area contributed by atoms with Gasteiger partial charge in [-0.25, -0.2) is 0 Å². The smallest absolute Gasteiger partial charge is 0.138 e. The van der Waals surface area contributed by atoms with Gasteiger partial charge in [-0.2, -0.15) is 0 Å². The molecule has 0 saturated carbocycles. The van der Waals surface area contributed by atoms with E-state index in [1.165, 1.54) is 0 Å². The number of hydrogen-bond acceptors (Lipinski definition) is 3. The number of unbranched alkanes of at least 4 members (excludes halogenated alkanes) is 2. The Kier molecular flexibility index (Phi) is 8.63. The fourth-order valence-electron chi connectivity index (χ4n) is 2.33. The van der Waals surface area contributed by atoms with Crippen molar-refractivity contribution in [1.82, 2.24) is 0 Å². The van der Waals surface area contributed by atoms with E-state index < -0.39 is 5.60 Å². The first kappa shape index (κ1) is 17.8. The molecule has 1 aromatic carbocycles. The van der Waals surface area contributed by atoms with E-state index in [0.717, 1.165) is 49.0 Å². The molecule has 0 fully saturated rings. The molecule has 0 N–H and O–H groups in total. The summed E-state index contributed by atoms with van der Waals surface area (Å²) in [5.74, 6) is 0. The largest absolute Gasteiger partial charge is 0.300 e. The first-order chi connectivity index (χ1) is 9.71. The van der Waals surface area contributed by atoms with Crippen molar-refractivity contribution >= 4 is 36.5 Å². The molecule has 20 heavy (non-hydrogen) atoms. The predicted octanol–water partition coefficient (Wildman–Crippen LogP) is 5.97. The molecule has 110 valence electrons. The van der Waals surface area contributed by atoms with Gasteiger partial charge in [-0.1, -0.05) is 75.7 Å². The van der Waals surface area contributed by atoms with Crippen molar-refractivity contribution in [1.29, 1.82) is 0 Å². The van der Waals surface area contributed by atoms with Crippen LogP contribution in [0, 0.1) is 0 Å². The monoisotopic (exact) mass is 326 g/mol. The van der Waals surface area contributed by atoms with Crippen molar-refractivity contribution in [3.63, 3.8) is 0 Å². The summed E-state index contributed by atoms with van der Waals surface area (Å²) in [6, 6.07) is 10.3. The molecule has 1 aromatic rings. The molecule has 0 aliphatic heterocycles. The van der Waals surface area contributed by atoms with Crippen LogP contribution in [-0.4, -0.2) is 4.86 Å². The summed E-state index contributed by atoms with van der Waals surface area (Å²) in [7, 11) is 0.526. The van der Waals surface area contributed by atoms with Crippen molar-refractivity contribution in [3.05, 3.63) is 35.9 Å². The van der Waals surface area contributed by atoms with Gasteiger partial charge in [-0.3, -0.25) is 0 Å². The molecule has 0 amide bonds. The van der Waals surface area contributed by atoms with E-state index in [0.29, 0.717) is 7.58 Å². The lowest BCUT2D eigenvalue weighted by atomic mass is 9.84. The van der Waals surface area contributed by atoms with Crippen LogP contribution in [0.4, 0.5) is 0 Å². The van der Waals surface area contributed by atoms with Crippen LogP contribution in [0.5, 0.6) is 0 Å². The standard InChI is InChI=1S/C16H23OPS2/c1-3-5-12-15(19)16(17-18-20,13-6-4-2)14-10-8-7-9-11-14/h7-11H,3-6,12-13H2,1-2H3. The van der Waals surface area contributed by atoms with Crippen LogP contribution in [0.25, 0.3) is 0 Å². The first-order valence-corrected chi connectivity index (χ1v) is 9.54. The summed E-state index contributed by atoms with van der Waals surface area (Å²) in [5.41, 5.74) is 0.664. The molecule has 0 aliphatic rings. The Morgan fingerprint density at radius 2 is 1.80 bits per heavy atom. The fraction of sp³-hybridized carbons (Fsp3) is 0.562. The lowest BCUT2D eigenvalue weighted by Gasteiger charge is -2.33. The molecule has 1 atom stereocenters. The Labute approximate surface area is 135 Å². The van der Waals surface area contributed by atoms with E-state index in [2.05, 4.69) is 26.0 Å². The highest BCUT2D eigenvalue weighted by molar-refractivity contribution is 7.94. The zero-order valence-corrected chi connectivity index (χ0v) is 14.8. The van der Waals surface area contributed by atoms with Gasteiger partial charge in [0, 0.05) is 4.86 Å². The lowest BCUT2D eigenvalue weighted by molar-refractivity contribution is 0.157. The fourth-order valence-corrected chi connectivity index (χ4v) is 3.61. The maximum Gasteiger partial charge on any atom is 0.138 e. The van der Waals surface area contributed by atoms with Crippen LogP contribution in [0.3, 0.4) is 0 Å². The number of hydrogen-bond donors (Lipinski definition) is 0. The second-order valence-electron chi connectivity index (χ2n) is 4.99. The molecule has 0 aliphatic carbocycles. The normalized spacial score (nSPS) is 14.1. The Morgan fingerprint density at radius 3 is 2.35 bits per heavy atom. The highest BCUT2D eigenvalue weighted by atomic mass is 32.4. The average molecular weight is 326 g/mol. The van der Waals surface area contributed by atoms with Crippen molar-refractivity contribution in [3.8, 4) is 0 Å². The van der Waals surface area contributed by atoms with Crippen LogP contribution >= 0.6 is 19.8 Å². The lowest BCUT2D eigenvalue weighted by Crippen LogP contribution is -2.35. The maximum atomic E-state index is 6.02. The third kappa shape index (κ3) is 4.66. The predicted molar refractivity (Wildman–Crippen MR) is 95.1 cm³/mol. The van der Waals surface area contributed by atoms with Crippen LogP contribution in [0.2, 0.25) is 0 Å². The van der Waals surface area contributed by atoms with E-state index in [1.54, 1.807) is 0 Å². The second kappa shape index (κ2) is 9.68. The van der Waals surface area contributed by atoms with E-state index in [9.17, 15) is 0 Å². The summed E-state index contributed by atoms with van der Waals surface area (Å²) in [6.07, 6.45) is 6.31. The molecule has 0 spiro atoms. The van der Waals surface area contributed by atoms with E-state index in [-0.39, 0.29) is 0 Å². The molecule has 1 rings (SSSR count). The Balaban J connectivity index is 3.12. The molecule has 0 saturated heterocycles. The highest BCUT2D eigenvalue weighted by Crippen LogP contribution is 2.38. The molecule has 1 unspecified atom stereocenters. The molecule has 1 nitrogen and oxygen atoms in total. The van der Waals surface area contributed by atoms with Crippen LogP contribution < -0.4 is 0 Å². The zero-order valence-electron chi connectivity index (χ0n) is 12.3. The van der Waals surface area contributed by atoms with Gasteiger partial charge in [-0.15, -0.1) is 0 Å². The van der Waals surface area contributed by atoms with Gasteiger partial charge >= 0.3 is 0 Å². The summed E-state index contributed by atoms with van der Waals surface area (Å²) >= 11 is 10.8. The van der Waals surface area contributed by atoms with Gasteiger partial charge in [0.05, 0.1) is 0 Å². The molecule has 0 heterocycles. The highest BCUT2D eigenvalue weighted by Gasteiger charge is 2.36. The van der Waals surface area contributed by atoms with Crippen LogP contribution in [0.15, 0.2) is 30.3 Å². The number of thiocarbonyl (C=S) groups is 1. The van der Waals surface area contributed by atoms with Gasteiger partial charge in [0.25, 0.3) is 0 Å². The van der Waals surface area contributed by atoms with Crippen molar-refractivity contribution in [2.45, 2.75) is 58.0 Å². The summed E-state index contributed by atoms with van der Waals surface area (Å²) < 4.78 is 6.02. The Morgan fingerprint density at radius 1 is 1.15 bits per heavy atom. The topological polar surface area (TPSA) is 9.23 Å². The van der Waals surface area contributed by atoms with Crippen molar-refractivity contribution < 1.29 is 4.52 Å². The number of benzene rings is 1. The van der Waals surface area contributed by atoms with Gasteiger partial charge in [-0.05, 0) is 36.6 Å². The Bertz CT molecular complexity index is 422. The average Bonchev–Trinajstić information content (AvgIpc) is 2.50. The molecule has 0 aromatic heterocycles. The maximum absolute atomic E-state index is 6.02. The Hall–Kier alpha value is -0.210. The second-order valence-corrected chi connectivity index (χ2v) is 6.26. The number of rotatable bonds is 10. The van der Waals surface area contributed by atoms with Gasteiger partial charge in [0.1, 0.15) is 13.2 Å². The van der Waals surface area contributed by atoms with E-state index >= 15 is 0 Å². The minimum absolute atomic E-state index is 0.481. The first-order valence-electron chi connectivity index (χ1n) is 7.31. The van der Waals surface area contributed by atoms with Gasteiger partial charge in [0.2, 0.25) is 0 Å². The zero-order chi connectivity index (χ0) is 14.8. The minimum atomic E-state index is -0.481. The summed E-state index contributed by atoms with van der Waals surface area (Å²) in [4.78, 5) is 0.997. The van der Waals surface area contributed by atoms with E-state index in [4.69, 9.17) is 28.5 Å². The molecular weight excluding hydrogens is 303 g/mol. The van der Waals surface area contributed by atoms with E-state index in [1.807, 2.05) is 18.2 Å². The SMILES string of the molecule is CCCCC(=S)C(CCCC)(OP=S)c1ccccc1. The van der Waals surface area contributed by atoms with Crippen LogP contribution in [-0.2, 0) is 21.9 Å². The minimum Gasteiger partial charge on any atom is -0.300 e. The summed E-state index contributed by atoms with van der Waals surface area (Å²) in [6.45, 7) is 4.38. The van der Waals surface area contributed by atoms with Crippen molar-refractivity contribution in [2.75, 3.05) is 0 Å². The van der Waals surface area contributed by atoms with Crippen molar-refractivity contribution in [2.24, 2.45) is 0 Å². The molecule has 4 heteroatoms. The van der Waals surface area contributed by atoms with Crippen LogP contribution in [0.1, 0.15) is 57.9 Å². The molecular formula is C16H23OPS2. The quantitative estimate of drug-likeness (QED) is 0.387.